The van der Waals surface area contributed by atoms with Crippen molar-refractivity contribution in [1.82, 2.24) is 4.90 Å². The van der Waals surface area contributed by atoms with Gasteiger partial charge in [0.2, 0.25) is 5.91 Å². The molecule has 5 nitrogen and oxygen atoms in total. The van der Waals surface area contributed by atoms with Gasteiger partial charge in [-0.1, -0.05) is 60.7 Å². The fourth-order valence-corrected chi connectivity index (χ4v) is 3.94. The van der Waals surface area contributed by atoms with Gasteiger partial charge in [-0.25, -0.2) is 0 Å². The predicted octanol–water partition coefficient (Wildman–Crippen LogP) is 3.67. The summed E-state index contributed by atoms with van der Waals surface area (Å²) in [6.45, 7) is 2.18. The molecule has 1 fully saturated rings. The number of hydrogen-bond donors (Lipinski definition) is 1. The number of carboxylic acid groups (broad SMARTS) is 1. The van der Waals surface area contributed by atoms with E-state index in [4.69, 9.17) is 4.74 Å². The maximum Gasteiger partial charge on any atom is 0.314 e. The molecule has 0 unspecified atom stereocenters. The van der Waals surface area contributed by atoms with Gasteiger partial charge in [-0.3, -0.25) is 9.59 Å². The molecule has 0 aromatic heterocycles. The molecule has 1 saturated heterocycles. The lowest BCUT2D eigenvalue weighted by Gasteiger charge is -2.39. The number of hydrogen-bond acceptors (Lipinski definition) is 3. The maximum absolute atomic E-state index is 12.5. The van der Waals surface area contributed by atoms with Crippen molar-refractivity contribution in [3.05, 3.63) is 71.8 Å². The first kappa shape index (κ1) is 21.1. The van der Waals surface area contributed by atoms with Crippen LogP contribution in [-0.2, 0) is 26.2 Å². The molecule has 2 aromatic carbocycles. The summed E-state index contributed by atoms with van der Waals surface area (Å²) in [4.78, 5) is 26.3. The van der Waals surface area contributed by atoms with Crippen LogP contribution in [0.2, 0.25) is 0 Å². The lowest BCUT2D eigenvalue weighted by Crippen LogP contribution is -2.49. The van der Waals surface area contributed by atoms with Crippen molar-refractivity contribution in [3.8, 4) is 0 Å². The lowest BCUT2D eigenvalue weighted by molar-refractivity contribution is -0.148. The van der Waals surface area contributed by atoms with Gasteiger partial charge < -0.3 is 14.7 Å². The van der Waals surface area contributed by atoms with Gasteiger partial charge in [0.15, 0.2) is 0 Å². The molecule has 29 heavy (non-hydrogen) atoms. The third kappa shape index (κ3) is 5.45. The molecule has 0 bridgehead atoms. The second-order valence-corrected chi connectivity index (χ2v) is 7.59. The Hall–Kier alpha value is -2.66. The second kappa shape index (κ2) is 10.2. The van der Waals surface area contributed by atoms with Gasteiger partial charge in [-0.05, 0) is 36.8 Å². The number of amides is 1. The van der Waals surface area contributed by atoms with Crippen LogP contribution in [0.3, 0.4) is 0 Å². The molecule has 3 rings (SSSR count). The number of carbonyl (C=O) groups is 2. The van der Waals surface area contributed by atoms with E-state index >= 15 is 0 Å². The van der Waals surface area contributed by atoms with E-state index in [1.54, 1.807) is 4.90 Å². The number of carbonyl (C=O) groups excluding carboxylic acids is 1. The molecule has 0 spiro atoms. The van der Waals surface area contributed by atoms with E-state index in [1.807, 2.05) is 48.5 Å². The molecule has 1 amide bonds. The Morgan fingerprint density at radius 3 is 2.17 bits per heavy atom. The van der Waals surface area contributed by atoms with Gasteiger partial charge in [-0.2, -0.15) is 0 Å². The number of nitrogens with zero attached hydrogens (tertiary/aromatic N) is 1. The summed E-state index contributed by atoms with van der Waals surface area (Å²) >= 11 is 0. The van der Waals surface area contributed by atoms with Crippen LogP contribution in [0.1, 0.15) is 36.8 Å². The zero-order valence-corrected chi connectivity index (χ0v) is 16.8. The molecule has 1 aliphatic rings. The quantitative estimate of drug-likeness (QED) is 0.658. The molecular formula is C24H29NO4. The van der Waals surface area contributed by atoms with Crippen molar-refractivity contribution in [2.24, 2.45) is 0 Å². The minimum absolute atomic E-state index is 0.0868. The molecule has 0 saturated carbocycles. The Balaban J connectivity index is 1.39. The highest BCUT2D eigenvalue weighted by atomic mass is 16.5. The van der Waals surface area contributed by atoms with Crippen LogP contribution < -0.4 is 0 Å². The molecule has 1 aliphatic heterocycles. The van der Waals surface area contributed by atoms with Gasteiger partial charge in [-0.15, -0.1) is 0 Å². The van der Waals surface area contributed by atoms with Gasteiger partial charge in [0, 0.05) is 26.1 Å². The number of likely N-dealkylation sites (tertiary alicyclic amines) is 1. The monoisotopic (exact) mass is 395 g/mol. The molecule has 5 heteroatoms. The van der Waals surface area contributed by atoms with Crippen LogP contribution in [0.4, 0.5) is 0 Å². The second-order valence-electron chi connectivity index (χ2n) is 7.59. The van der Waals surface area contributed by atoms with Crippen molar-refractivity contribution < 1.29 is 19.4 Å². The van der Waals surface area contributed by atoms with Gasteiger partial charge in [0.25, 0.3) is 0 Å². The summed E-state index contributed by atoms with van der Waals surface area (Å²) in [5.74, 6) is -0.716. The molecule has 154 valence electrons. The number of carboxylic acids is 1. The van der Waals surface area contributed by atoms with E-state index in [0.717, 1.165) is 12.0 Å². The maximum atomic E-state index is 12.5. The Kier molecular flexibility index (Phi) is 7.42. The van der Waals surface area contributed by atoms with E-state index in [0.29, 0.717) is 52.0 Å². The molecular weight excluding hydrogens is 366 g/mol. The van der Waals surface area contributed by atoms with Crippen LogP contribution in [-0.4, -0.2) is 48.2 Å². The first-order valence-electron chi connectivity index (χ1n) is 10.3. The SMILES string of the molecule is O=C(CCCOCCc1ccccc1)N1CCC(C(=O)O)(c2ccccc2)CC1. The standard InChI is InChI=1S/C24H29NO4/c26-22(12-7-18-29-19-13-20-8-3-1-4-9-20)25-16-14-24(15-17-25,23(27)28)21-10-5-2-6-11-21/h1-6,8-11H,7,12-19H2,(H,27,28). The first-order valence-corrected chi connectivity index (χ1v) is 10.3. The van der Waals surface area contributed by atoms with Crippen LogP contribution in [0, 0.1) is 0 Å². The lowest BCUT2D eigenvalue weighted by atomic mass is 9.73. The molecule has 2 aromatic rings. The van der Waals surface area contributed by atoms with Crippen molar-refractivity contribution in [3.63, 3.8) is 0 Å². The highest BCUT2D eigenvalue weighted by molar-refractivity contribution is 5.82. The van der Waals surface area contributed by atoms with Gasteiger partial charge >= 0.3 is 5.97 Å². The Labute approximate surface area is 172 Å². The zero-order chi connectivity index (χ0) is 20.5. The van der Waals surface area contributed by atoms with Crippen LogP contribution in [0.15, 0.2) is 60.7 Å². The van der Waals surface area contributed by atoms with E-state index < -0.39 is 11.4 Å². The number of aliphatic carboxylic acids is 1. The summed E-state index contributed by atoms with van der Waals surface area (Å²) < 4.78 is 5.65. The number of rotatable bonds is 9. The van der Waals surface area contributed by atoms with Crippen LogP contribution >= 0.6 is 0 Å². The van der Waals surface area contributed by atoms with Crippen molar-refractivity contribution in [2.75, 3.05) is 26.3 Å². The van der Waals surface area contributed by atoms with E-state index in [9.17, 15) is 14.7 Å². The first-order chi connectivity index (χ1) is 14.1. The van der Waals surface area contributed by atoms with Crippen molar-refractivity contribution in [2.45, 2.75) is 37.5 Å². The van der Waals surface area contributed by atoms with E-state index in [2.05, 4.69) is 12.1 Å². The number of piperidine rings is 1. The highest BCUT2D eigenvalue weighted by Crippen LogP contribution is 2.36. The summed E-state index contributed by atoms with van der Waals surface area (Å²) in [5, 5.41) is 9.85. The minimum atomic E-state index is -0.890. The zero-order valence-electron chi connectivity index (χ0n) is 16.8. The largest absolute Gasteiger partial charge is 0.481 e. The minimum Gasteiger partial charge on any atom is -0.481 e. The molecule has 0 radical (unpaired) electrons. The van der Waals surface area contributed by atoms with Crippen molar-refractivity contribution in [1.29, 1.82) is 0 Å². The molecule has 1 heterocycles. The fraction of sp³-hybridized carbons (Fsp3) is 0.417. The van der Waals surface area contributed by atoms with Gasteiger partial charge in [0.1, 0.15) is 0 Å². The smallest absolute Gasteiger partial charge is 0.314 e. The summed E-state index contributed by atoms with van der Waals surface area (Å²) in [7, 11) is 0. The van der Waals surface area contributed by atoms with E-state index in [-0.39, 0.29) is 5.91 Å². The molecule has 0 aliphatic carbocycles. The Morgan fingerprint density at radius 1 is 0.931 bits per heavy atom. The normalized spacial score (nSPS) is 15.8. The fourth-order valence-electron chi connectivity index (χ4n) is 3.94. The third-order valence-electron chi connectivity index (χ3n) is 5.76. The average molecular weight is 395 g/mol. The topological polar surface area (TPSA) is 66.8 Å². The molecule has 1 N–H and O–H groups in total. The van der Waals surface area contributed by atoms with Crippen LogP contribution in [0.5, 0.6) is 0 Å². The molecule has 0 atom stereocenters. The van der Waals surface area contributed by atoms with E-state index in [1.165, 1.54) is 5.56 Å². The van der Waals surface area contributed by atoms with Crippen LogP contribution in [0.25, 0.3) is 0 Å². The van der Waals surface area contributed by atoms with Crippen molar-refractivity contribution >= 4 is 11.9 Å². The number of ether oxygens (including phenoxy) is 1. The van der Waals surface area contributed by atoms with Gasteiger partial charge in [0.05, 0.1) is 12.0 Å². The predicted molar refractivity (Wildman–Crippen MR) is 112 cm³/mol. The Morgan fingerprint density at radius 2 is 1.55 bits per heavy atom. The summed E-state index contributed by atoms with van der Waals surface area (Å²) in [5.41, 5.74) is 1.18. The highest BCUT2D eigenvalue weighted by Gasteiger charge is 2.43. The summed E-state index contributed by atoms with van der Waals surface area (Å²) in [6, 6.07) is 19.6. The summed E-state index contributed by atoms with van der Waals surface area (Å²) in [6.07, 6.45) is 2.90. The Bertz CT molecular complexity index is 783. The third-order valence-corrected chi connectivity index (χ3v) is 5.76. The average Bonchev–Trinajstić information content (AvgIpc) is 2.77. The number of benzene rings is 2.